The lowest BCUT2D eigenvalue weighted by Gasteiger charge is -2.15. The molecule has 0 saturated heterocycles. The molecule has 3 heteroatoms. The first-order valence-electron chi connectivity index (χ1n) is 6.73. The Morgan fingerprint density at radius 3 is 2.25 bits per heavy atom. The van der Waals surface area contributed by atoms with Crippen LogP contribution in [-0.2, 0) is 0 Å². The highest BCUT2D eigenvalue weighted by molar-refractivity contribution is 5.85. The van der Waals surface area contributed by atoms with E-state index in [1.807, 2.05) is 48.5 Å². The smallest absolute Gasteiger partial charge is 0.127 e. The molecular formula is C17H22ClNO. The molecule has 2 aromatic rings. The van der Waals surface area contributed by atoms with Crippen molar-refractivity contribution in [3.8, 4) is 11.5 Å². The number of hydrogen-bond donors (Lipinski definition) is 1. The molecule has 0 unspecified atom stereocenters. The summed E-state index contributed by atoms with van der Waals surface area (Å²) in [5.74, 6) is 2.27. The molecule has 0 saturated carbocycles. The van der Waals surface area contributed by atoms with Crippen molar-refractivity contribution in [2.24, 2.45) is 11.7 Å². The zero-order chi connectivity index (χ0) is 13.7. The van der Waals surface area contributed by atoms with E-state index in [1.54, 1.807) is 0 Å². The summed E-state index contributed by atoms with van der Waals surface area (Å²) < 4.78 is 5.82. The minimum Gasteiger partial charge on any atom is -0.457 e. The predicted molar refractivity (Wildman–Crippen MR) is 86.6 cm³/mol. The Labute approximate surface area is 127 Å². The topological polar surface area (TPSA) is 35.2 Å². The molecule has 0 spiro atoms. The van der Waals surface area contributed by atoms with Crippen molar-refractivity contribution in [3.63, 3.8) is 0 Å². The third-order valence-corrected chi connectivity index (χ3v) is 2.99. The summed E-state index contributed by atoms with van der Waals surface area (Å²) in [4.78, 5) is 0. The van der Waals surface area contributed by atoms with Crippen molar-refractivity contribution < 1.29 is 4.74 Å². The number of halogens is 1. The Balaban J connectivity index is 0.00000200. The number of rotatable bonds is 5. The van der Waals surface area contributed by atoms with E-state index < -0.39 is 0 Å². The van der Waals surface area contributed by atoms with Gasteiger partial charge in [-0.25, -0.2) is 0 Å². The molecule has 0 aromatic heterocycles. The molecule has 0 bridgehead atoms. The van der Waals surface area contributed by atoms with Gasteiger partial charge in [-0.2, -0.15) is 0 Å². The van der Waals surface area contributed by atoms with Crippen molar-refractivity contribution in [2.75, 3.05) is 0 Å². The Morgan fingerprint density at radius 1 is 0.950 bits per heavy atom. The van der Waals surface area contributed by atoms with Crippen LogP contribution in [0.3, 0.4) is 0 Å². The number of nitrogens with two attached hydrogens (primary N) is 1. The lowest BCUT2D eigenvalue weighted by molar-refractivity contribution is 0.476. The van der Waals surface area contributed by atoms with Gasteiger partial charge in [-0.05, 0) is 42.2 Å². The zero-order valence-electron chi connectivity index (χ0n) is 12.0. The molecule has 20 heavy (non-hydrogen) atoms. The second-order valence-electron chi connectivity index (χ2n) is 5.22. The van der Waals surface area contributed by atoms with E-state index in [-0.39, 0.29) is 18.4 Å². The highest BCUT2D eigenvalue weighted by Crippen LogP contribution is 2.26. The van der Waals surface area contributed by atoms with Gasteiger partial charge in [0.1, 0.15) is 11.5 Å². The maximum Gasteiger partial charge on any atom is 0.127 e. The fraction of sp³-hybridized carbons (Fsp3) is 0.294. The van der Waals surface area contributed by atoms with Crippen molar-refractivity contribution in [1.29, 1.82) is 0 Å². The third-order valence-electron chi connectivity index (χ3n) is 2.99. The summed E-state index contributed by atoms with van der Waals surface area (Å²) in [5.41, 5.74) is 7.33. The van der Waals surface area contributed by atoms with E-state index in [0.29, 0.717) is 5.92 Å². The molecular weight excluding hydrogens is 270 g/mol. The molecule has 108 valence electrons. The van der Waals surface area contributed by atoms with Crippen LogP contribution in [0.1, 0.15) is 31.9 Å². The molecule has 0 radical (unpaired) electrons. The van der Waals surface area contributed by atoms with E-state index >= 15 is 0 Å². The second-order valence-corrected chi connectivity index (χ2v) is 5.22. The normalized spacial score (nSPS) is 11.8. The van der Waals surface area contributed by atoms with Crippen molar-refractivity contribution in [2.45, 2.75) is 26.3 Å². The van der Waals surface area contributed by atoms with Crippen LogP contribution in [0.25, 0.3) is 0 Å². The van der Waals surface area contributed by atoms with Crippen LogP contribution in [0.5, 0.6) is 11.5 Å². The van der Waals surface area contributed by atoms with Gasteiger partial charge in [0.15, 0.2) is 0 Å². The summed E-state index contributed by atoms with van der Waals surface area (Å²) in [6.45, 7) is 4.37. The maximum atomic E-state index is 6.20. The van der Waals surface area contributed by atoms with E-state index in [9.17, 15) is 0 Å². The number of ether oxygens (including phenoxy) is 1. The monoisotopic (exact) mass is 291 g/mol. The van der Waals surface area contributed by atoms with Gasteiger partial charge in [-0.15, -0.1) is 12.4 Å². The average molecular weight is 292 g/mol. The lowest BCUT2D eigenvalue weighted by atomic mass is 9.98. The standard InChI is InChI=1S/C17H21NO.ClH/c1-13(2)11-17(18)14-7-6-10-16(12-14)19-15-8-4-3-5-9-15;/h3-10,12-13,17H,11,18H2,1-2H3;1H/t17-;/m1./s1. The largest absolute Gasteiger partial charge is 0.457 e. The number of benzene rings is 2. The van der Waals surface area contributed by atoms with E-state index in [2.05, 4.69) is 19.9 Å². The zero-order valence-corrected chi connectivity index (χ0v) is 12.8. The van der Waals surface area contributed by atoms with Crippen LogP contribution < -0.4 is 10.5 Å². The van der Waals surface area contributed by atoms with Crippen molar-refractivity contribution >= 4 is 12.4 Å². The van der Waals surface area contributed by atoms with E-state index in [0.717, 1.165) is 23.5 Å². The van der Waals surface area contributed by atoms with Crippen LogP contribution in [0.4, 0.5) is 0 Å². The van der Waals surface area contributed by atoms with Crippen LogP contribution in [0.2, 0.25) is 0 Å². The summed E-state index contributed by atoms with van der Waals surface area (Å²) >= 11 is 0. The summed E-state index contributed by atoms with van der Waals surface area (Å²) in [6, 6.07) is 17.9. The molecule has 0 fully saturated rings. The Bertz CT molecular complexity index is 513. The highest BCUT2D eigenvalue weighted by atomic mass is 35.5. The van der Waals surface area contributed by atoms with Gasteiger partial charge in [0, 0.05) is 6.04 Å². The first-order valence-corrected chi connectivity index (χ1v) is 6.73. The van der Waals surface area contributed by atoms with Gasteiger partial charge in [-0.3, -0.25) is 0 Å². The molecule has 0 amide bonds. The molecule has 0 aliphatic heterocycles. The quantitative estimate of drug-likeness (QED) is 0.846. The van der Waals surface area contributed by atoms with Gasteiger partial charge in [0.25, 0.3) is 0 Å². The maximum absolute atomic E-state index is 6.20. The summed E-state index contributed by atoms with van der Waals surface area (Å²) in [6.07, 6.45) is 0.981. The Morgan fingerprint density at radius 2 is 1.60 bits per heavy atom. The van der Waals surface area contributed by atoms with Gasteiger partial charge >= 0.3 is 0 Å². The minimum absolute atomic E-state index is 0. The molecule has 0 aliphatic carbocycles. The van der Waals surface area contributed by atoms with Gasteiger partial charge < -0.3 is 10.5 Å². The van der Waals surface area contributed by atoms with Crippen LogP contribution in [0.15, 0.2) is 54.6 Å². The third kappa shape index (κ3) is 4.87. The van der Waals surface area contributed by atoms with Gasteiger partial charge in [0.2, 0.25) is 0 Å². The minimum atomic E-state index is 0. The Hall–Kier alpha value is -1.51. The summed E-state index contributed by atoms with van der Waals surface area (Å²) in [7, 11) is 0. The average Bonchev–Trinajstić information content (AvgIpc) is 2.39. The molecule has 0 aliphatic rings. The SMILES string of the molecule is CC(C)C[C@@H](N)c1cccc(Oc2ccccc2)c1.Cl. The molecule has 2 rings (SSSR count). The molecule has 2 N–H and O–H groups in total. The van der Waals surface area contributed by atoms with Crippen LogP contribution >= 0.6 is 12.4 Å². The number of hydrogen-bond acceptors (Lipinski definition) is 2. The Kier molecular flexibility index (Phi) is 6.56. The first kappa shape index (κ1) is 16.5. The number of para-hydroxylation sites is 1. The fourth-order valence-corrected chi connectivity index (χ4v) is 2.08. The van der Waals surface area contributed by atoms with Crippen molar-refractivity contribution in [1.82, 2.24) is 0 Å². The second kappa shape index (κ2) is 7.93. The van der Waals surface area contributed by atoms with Crippen molar-refractivity contribution in [3.05, 3.63) is 60.2 Å². The van der Waals surface area contributed by atoms with E-state index in [4.69, 9.17) is 10.5 Å². The summed E-state index contributed by atoms with van der Waals surface area (Å²) in [5, 5.41) is 0. The fourth-order valence-electron chi connectivity index (χ4n) is 2.08. The predicted octanol–water partition coefficient (Wildman–Crippen LogP) is 4.95. The van der Waals surface area contributed by atoms with Crippen LogP contribution in [-0.4, -0.2) is 0 Å². The van der Waals surface area contributed by atoms with Gasteiger partial charge in [0.05, 0.1) is 0 Å². The highest BCUT2D eigenvalue weighted by Gasteiger charge is 2.09. The van der Waals surface area contributed by atoms with Crippen LogP contribution in [0, 0.1) is 5.92 Å². The molecule has 0 heterocycles. The molecule has 2 aromatic carbocycles. The molecule has 2 nitrogen and oxygen atoms in total. The van der Waals surface area contributed by atoms with E-state index in [1.165, 1.54) is 0 Å². The lowest BCUT2D eigenvalue weighted by Crippen LogP contribution is -2.12. The first-order chi connectivity index (χ1) is 9.15. The van der Waals surface area contributed by atoms with Gasteiger partial charge in [-0.1, -0.05) is 44.2 Å². The molecule has 1 atom stereocenters.